The van der Waals surface area contributed by atoms with E-state index in [1.165, 1.54) is 5.06 Å². The quantitative estimate of drug-likeness (QED) is 0.607. The first kappa shape index (κ1) is 17.3. The summed E-state index contributed by atoms with van der Waals surface area (Å²) in [6.45, 7) is 4.70. The standard InChI is InChI=1S/C21H25NO/c1-3-16-21(4-2,17-15-19-11-7-5-8-12-19)22(23)18-20-13-9-6-10-14-20/h5-14,23H,3-4,16,18H2,1-2H3. The van der Waals surface area contributed by atoms with Crippen molar-refractivity contribution in [1.82, 2.24) is 5.06 Å². The zero-order valence-corrected chi connectivity index (χ0v) is 14.0. The van der Waals surface area contributed by atoms with E-state index in [9.17, 15) is 5.21 Å². The summed E-state index contributed by atoms with van der Waals surface area (Å²) in [5.41, 5.74) is 1.56. The Hall–Kier alpha value is -2.08. The van der Waals surface area contributed by atoms with Crippen molar-refractivity contribution in [3.05, 3.63) is 71.8 Å². The van der Waals surface area contributed by atoms with Crippen LogP contribution in [0.1, 0.15) is 44.2 Å². The van der Waals surface area contributed by atoms with Gasteiger partial charge in [-0.05, 0) is 30.5 Å². The first-order chi connectivity index (χ1) is 11.2. The van der Waals surface area contributed by atoms with Crippen LogP contribution in [0.25, 0.3) is 0 Å². The van der Waals surface area contributed by atoms with Crippen LogP contribution in [0.3, 0.4) is 0 Å². The number of benzene rings is 2. The second-order valence-electron chi connectivity index (χ2n) is 5.79. The van der Waals surface area contributed by atoms with E-state index in [0.29, 0.717) is 6.54 Å². The van der Waals surface area contributed by atoms with Crippen LogP contribution in [-0.2, 0) is 6.54 Å². The molecule has 2 aromatic rings. The van der Waals surface area contributed by atoms with Gasteiger partial charge in [0.05, 0.1) is 6.54 Å². The summed E-state index contributed by atoms with van der Waals surface area (Å²) in [6, 6.07) is 20.0. The molecule has 1 atom stereocenters. The van der Waals surface area contributed by atoms with E-state index in [0.717, 1.165) is 30.4 Å². The number of nitrogens with zero attached hydrogens (tertiary/aromatic N) is 1. The van der Waals surface area contributed by atoms with Crippen LogP contribution in [0, 0.1) is 11.8 Å². The topological polar surface area (TPSA) is 23.5 Å². The predicted octanol–water partition coefficient (Wildman–Crippen LogP) is 4.88. The molecule has 0 bridgehead atoms. The maximum atomic E-state index is 10.8. The van der Waals surface area contributed by atoms with Gasteiger partial charge in [-0.1, -0.05) is 80.6 Å². The molecule has 23 heavy (non-hydrogen) atoms. The van der Waals surface area contributed by atoms with E-state index in [1.54, 1.807) is 0 Å². The number of rotatable bonds is 6. The lowest BCUT2D eigenvalue weighted by molar-refractivity contribution is -0.165. The molecule has 2 nitrogen and oxygen atoms in total. The summed E-state index contributed by atoms with van der Waals surface area (Å²) >= 11 is 0. The SMILES string of the molecule is CCCC(C#Cc1ccccc1)(CC)N(O)Cc1ccccc1. The maximum Gasteiger partial charge on any atom is 0.107 e. The monoisotopic (exact) mass is 307 g/mol. The highest BCUT2D eigenvalue weighted by Gasteiger charge is 2.32. The van der Waals surface area contributed by atoms with Crippen LogP contribution in [0.2, 0.25) is 0 Å². The Morgan fingerprint density at radius 3 is 2.13 bits per heavy atom. The van der Waals surface area contributed by atoms with Crippen molar-refractivity contribution < 1.29 is 5.21 Å². The van der Waals surface area contributed by atoms with Crippen LogP contribution in [0.5, 0.6) is 0 Å². The van der Waals surface area contributed by atoms with Crippen LogP contribution < -0.4 is 0 Å². The van der Waals surface area contributed by atoms with Crippen molar-refractivity contribution in [1.29, 1.82) is 0 Å². The minimum Gasteiger partial charge on any atom is -0.312 e. The van der Waals surface area contributed by atoms with Gasteiger partial charge in [0.2, 0.25) is 0 Å². The smallest absolute Gasteiger partial charge is 0.107 e. The Morgan fingerprint density at radius 1 is 0.957 bits per heavy atom. The summed E-state index contributed by atoms with van der Waals surface area (Å²) in [6.07, 6.45) is 2.60. The van der Waals surface area contributed by atoms with Gasteiger partial charge < -0.3 is 5.21 Å². The highest BCUT2D eigenvalue weighted by Crippen LogP contribution is 2.25. The van der Waals surface area contributed by atoms with Gasteiger partial charge in [-0.2, -0.15) is 5.06 Å². The number of hydrogen-bond acceptors (Lipinski definition) is 2. The van der Waals surface area contributed by atoms with Gasteiger partial charge in [0.25, 0.3) is 0 Å². The van der Waals surface area contributed by atoms with Gasteiger partial charge in [-0.25, -0.2) is 0 Å². The van der Waals surface area contributed by atoms with E-state index < -0.39 is 5.54 Å². The van der Waals surface area contributed by atoms with E-state index in [4.69, 9.17) is 0 Å². The largest absolute Gasteiger partial charge is 0.312 e. The normalized spacial score (nSPS) is 13.2. The molecular formula is C21H25NO. The summed E-state index contributed by atoms with van der Waals surface area (Å²) in [7, 11) is 0. The van der Waals surface area contributed by atoms with E-state index >= 15 is 0 Å². The fourth-order valence-corrected chi connectivity index (χ4v) is 2.74. The molecule has 0 radical (unpaired) electrons. The summed E-state index contributed by atoms with van der Waals surface area (Å²) < 4.78 is 0. The van der Waals surface area contributed by atoms with Gasteiger partial charge in [-0.15, -0.1) is 0 Å². The van der Waals surface area contributed by atoms with Crippen LogP contribution in [-0.4, -0.2) is 15.8 Å². The Labute approximate surface area is 139 Å². The van der Waals surface area contributed by atoms with Crippen molar-refractivity contribution in [2.45, 2.75) is 45.2 Å². The summed E-state index contributed by atoms with van der Waals surface area (Å²) in [5, 5.41) is 12.2. The number of hydroxylamine groups is 2. The summed E-state index contributed by atoms with van der Waals surface area (Å²) in [4.78, 5) is 0. The van der Waals surface area contributed by atoms with Crippen LogP contribution in [0.15, 0.2) is 60.7 Å². The molecule has 2 aromatic carbocycles. The molecular weight excluding hydrogens is 282 g/mol. The summed E-state index contributed by atoms with van der Waals surface area (Å²) in [5.74, 6) is 6.58. The Morgan fingerprint density at radius 2 is 1.57 bits per heavy atom. The van der Waals surface area contributed by atoms with Crippen LogP contribution >= 0.6 is 0 Å². The molecule has 1 N–H and O–H groups in total. The van der Waals surface area contributed by atoms with Crippen molar-refractivity contribution in [3.63, 3.8) is 0 Å². The molecule has 2 heteroatoms. The first-order valence-electron chi connectivity index (χ1n) is 8.29. The Kier molecular flexibility index (Phi) is 6.40. The second kappa shape index (κ2) is 8.53. The van der Waals surface area contributed by atoms with Gasteiger partial charge in [0, 0.05) is 5.56 Å². The van der Waals surface area contributed by atoms with Crippen LogP contribution in [0.4, 0.5) is 0 Å². The second-order valence-corrected chi connectivity index (χ2v) is 5.79. The number of hydrogen-bond donors (Lipinski definition) is 1. The van der Waals surface area contributed by atoms with E-state index in [-0.39, 0.29) is 0 Å². The predicted molar refractivity (Wildman–Crippen MR) is 95.0 cm³/mol. The lowest BCUT2D eigenvalue weighted by atomic mass is 9.90. The Bertz CT molecular complexity index is 642. The maximum absolute atomic E-state index is 10.8. The lowest BCUT2D eigenvalue weighted by Gasteiger charge is -2.35. The fraction of sp³-hybridized carbons (Fsp3) is 0.333. The van der Waals surface area contributed by atoms with Gasteiger partial charge >= 0.3 is 0 Å². The third-order valence-electron chi connectivity index (χ3n) is 4.13. The molecule has 120 valence electrons. The molecule has 0 heterocycles. The average molecular weight is 307 g/mol. The van der Waals surface area contributed by atoms with E-state index in [1.807, 2.05) is 60.7 Å². The molecule has 0 aliphatic heterocycles. The lowest BCUT2D eigenvalue weighted by Crippen LogP contribution is -2.44. The minimum absolute atomic E-state index is 0.484. The Balaban J connectivity index is 2.25. The zero-order valence-electron chi connectivity index (χ0n) is 14.0. The van der Waals surface area contributed by atoms with E-state index in [2.05, 4.69) is 25.7 Å². The zero-order chi connectivity index (χ0) is 16.5. The van der Waals surface area contributed by atoms with Gasteiger partial charge in [0.1, 0.15) is 5.54 Å². The average Bonchev–Trinajstić information content (AvgIpc) is 2.60. The molecule has 1 unspecified atom stereocenters. The highest BCUT2D eigenvalue weighted by atomic mass is 16.5. The van der Waals surface area contributed by atoms with Gasteiger partial charge in [-0.3, -0.25) is 0 Å². The molecule has 0 saturated heterocycles. The molecule has 0 aliphatic carbocycles. The van der Waals surface area contributed by atoms with Crippen molar-refractivity contribution >= 4 is 0 Å². The molecule has 0 amide bonds. The molecule has 0 fully saturated rings. The van der Waals surface area contributed by atoms with Crippen molar-refractivity contribution in [2.75, 3.05) is 0 Å². The fourth-order valence-electron chi connectivity index (χ4n) is 2.74. The molecule has 0 aliphatic rings. The van der Waals surface area contributed by atoms with Crippen molar-refractivity contribution in [3.8, 4) is 11.8 Å². The minimum atomic E-state index is -0.513. The highest BCUT2D eigenvalue weighted by molar-refractivity contribution is 5.36. The van der Waals surface area contributed by atoms with Crippen molar-refractivity contribution in [2.24, 2.45) is 0 Å². The molecule has 0 spiro atoms. The first-order valence-corrected chi connectivity index (χ1v) is 8.29. The third kappa shape index (κ3) is 4.69. The molecule has 0 saturated carbocycles. The van der Waals surface area contributed by atoms with Gasteiger partial charge in [0.15, 0.2) is 0 Å². The molecule has 0 aromatic heterocycles. The third-order valence-corrected chi connectivity index (χ3v) is 4.13. The molecule has 2 rings (SSSR count).